The van der Waals surface area contributed by atoms with E-state index in [1.807, 2.05) is 6.92 Å². The molecule has 2 N–H and O–H groups in total. The van der Waals surface area contributed by atoms with Crippen LogP contribution in [0.1, 0.15) is 13.3 Å². The maximum Gasteiger partial charge on any atom is 0.262 e. The largest absolute Gasteiger partial charge is 0.396 e. The molecule has 0 saturated carbocycles. The Labute approximate surface area is 120 Å². The van der Waals surface area contributed by atoms with Crippen LogP contribution in [0.4, 0.5) is 0 Å². The average molecular weight is 295 g/mol. The Bertz CT molecular complexity index is 650. The third-order valence-electron chi connectivity index (χ3n) is 3.03. The molecule has 0 aliphatic rings. The fourth-order valence-corrected chi connectivity index (χ4v) is 2.55. The van der Waals surface area contributed by atoms with Gasteiger partial charge in [-0.3, -0.25) is 14.2 Å². The lowest BCUT2D eigenvalue weighted by atomic mass is 10.1. The van der Waals surface area contributed by atoms with Crippen molar-refractivity contribution in [2.75, 3.05) is 13.2 Å². The highest BCUT2D eigenvalue weighted by atomic mass is 32.1. The summed E-state index contributed by atoms with van der Waals surface area (Å²) in [6.45, 7) is 2.50. The lowest BCUT2D eigenvalue weighted by Crippen LogP contribution is -2.34. The van der Waals surface area contributed by atoms with Crippen molar-refractivity contribution in [3.05, 3.63) is 28.1 Å². The SMILES string of the molecule is CC(CCO)CNC(=O)Cn1cnc2sccc2c1=O. The van der Waals surface area contributed by atoms with E-state index in [2.05, 4.69) is 10.3 Å². The molecule has 0 aromatic carbocycles. The number of aliphatic hydroxyl groups is 1. The minimum Gasteiger partial charge on any atom is -0.396 e. The Hall–Kier alpha value is -1.73. The van der Waals surface area contributed by atoms with Gasteiger partial charge < -0.3 is 10.4 Å². The Morgan fingerprint density at radius 3 is 3.15 bits per heavy atom. The van der Waals surface area contributed by atoms with Crippen molar-refractivity contribution in [3.63, 3.8) is 0 Å². The number of carbonyl (C=O) groups is 1. The molecule has 1 amide bonds. The first-order valence-corrected chi connectivity index (χ1v) is 7.30. The van der Waals surface area contributed by atoms with Crippen LogP contribution in [-0.4, -0.2) is 33.7 Å². The minimum atomic E-state index is -0.228. The zero-order valence-corrected chi connectivity index (χ0v) is 12.0. The second-order valence-electron chi connectivity index (χ2n) is 4.74. The minimum absolute atomic E-state index is 0.0382. The van der Waals surface area contributed by atoms with Gasteiger partial charge in [0.15, 0.2) is 0 Å². The van der Waals surface area contributed by atoms with E-state index in [9.17, 15) is 9.59 Å². The number of nitrogens with one attached hydrogen (secondary N) is 1. The highest BCUT2D eigenvalue weighted by Crippen LogP contribution is 2.13. The topological polar surface area (TPSA) is 84.2 Å². The zero-order chi connectivity index (χ0) is 14.5. The van der Waals surface area contributed by atoms with E-state index in [1.54, 1.807) is 11.4 Å². The van der Waals surface area contributed by atoms with Gasteiger partial charge in [0.05, 0.1) is 11.7 Å². The van der Waals surface area contributed by atoms with Gasteiger partial charge in [0, 0.05) is 13.2 Å². The summed E-state index contributed by atoms with van der Waals surface area (Å²) in [5.74, 6) is -0.0218. The number of aliphatic hydroxyl groups excluding tert-OH is 1. The van der Waals surface area contributed by atoms with E-state index in [0.29, 0.717) is 23.2 Å². The van der Waals surface area contributed by atoms with Gasteiger partial charge in [-0.1, -0.05) is 6.92 Å². The second-order valence-corrected chi connectivity index (χ2v) is 5.63. The predicted molar refractivity (Wildman–Crippen MR) is 77.8 cm³/mol. The molecule has 20 heavy (non-hydrogen) atoms. The van der Waals surface area contributed by atoms with E-state index >= 15 is 0 Å². The molecule has 1 unspecified atom stereocenters. The van der Waals surface area contributed by atoms with Gasteiger partial charge >= 0.3 is 0 Å². The molecule has 0 aliphatic carbocycles. The number of hydrogen-bond acceptors (Lipinski definition) is 5. The van der Waals surface area contributed by atoms with Crippen LogP contribution in [-0.2, 0) is 11.3 Å². The van der Waals surface area contributed by atoms with E-state index < -0.39 is 0 Å². The molecule has 6 nitrogen and oxygen atoms in total. The quantitative estimate of drug-likeness (QED) is 0.817. The summed E-state index contributed by atoms with van der Waals surface area (Å²) in [5.41, 5.74) is -0.199. The number of rotatable bonds is 6. The summed E-state index contributed by atoms with van der Waals surface area (Å²) in [4.78, 5) is 28.7. The average Bonchev–Trinajstić information content (AvgIpc) is 2.89. The van der Waals surface area contributed by atoms with Crippen LogP contribution in [0.5, 0.6) is 0 Å². The highest BCUT2D eigenvalue weighted by Gasteiger charge is 2.09. The molecule has 0 spiro atoms. The maximum atomic E-state index is 12.1. The molecule has 0 aliphatic heterocycles. The highest BCUT2D eigenvalue weighted by molar-refractivity contribution is 7.16. The molecule has 1 atom stereocenters. The number of amides is 1. The summed E-state index contributed by atoms with van der Waals surface area (Å²) >= 11 is 1.40. The summed E-state index contributed by atoms with van der Waals surface area (Å²) in [7, 11) is 0. The first-order chi connectivity index (χ1) is 9.61. The van der Waals surface area contributed by atoms with Crippen molar-refractivity contribution in [1.82, 2.24) is 14.9 Å². The van der Waals surface area contributed by atoms with Crippen LogP contribution >= 0.6 is 11.3 Å². The Balaban J connectivity index is 1.99. The first-order valence-electron chi connectivity index (χ1n) is 6.42. The molecule has 0 saturated heterocycles. The summed E-state index contributed by atoms with van der Waals surface area (Å²) in [6.07, 6.45) is 2.04. The second kappa shape index (κ2) is 6.62. The summed E-state index contributed by atoms with van der Waals surface area (Å²) < 4.78 is 1.31. The van der Waals surface area contributed by atoms with Crippen LogP contribution in [0.2, 0.25) is 0 Å². The molecule has 7 heteroatoms. The molecule has 2 aromatic heterocycles. The van der Waals surface area contributed by atoms with Crippen LogP contribution in [0.3, 0.4) is 0 Å². The van der Waals surface area contributed by atoms with Crippen LogP contribution in [0.25, 0.3) is 10.2 Å². The van der Waals surface area contributed by atoms with Gasteiger partial charge in [-0.2, -0.15) is 0 Å². The lowest BCUT2D eigenvalue weighted by molar-refractivity contribution is -0.121. The molecule has 0 fully saturated rings. The molecule has 2 aromatic rings. The Morgan fingerprint density at radius 2 is 2.40 bits per heavy atom. The maximum absolute atomic E-state index is 12.1. The van der Waals surface area contributed by atoms with Crippen LogP contribution in [0, 0.1) is 5.92 Å². The van der Waals surface area contributed by atoms with E-state index in [4.69, 9.17) is 5.11 Å². The van der Waals surface area contributed by atoms with Gasteiger partial charge in [0.2, 0.25) is 5.91 Å². The van der Waals surface area contributed by atoms with E-state index in [1.165, 1.54) is 22.2 Å². The molecule has 2 heterocycles. The van der Waals surface area contributed by atoms with Crippen molar-refractivity contribution in [1.29, 1.82) is 0 Å². The van der Waals surface area contributed by atoms with E-state index in [0.717, 1.165) is 0 Å². The molecular weight excluding hydrogens is 278 g/mol. The first kappa shape index (κ1) is 14.7. The van der Waals surface area contributed by atoms with Gasteiger partial charge in [-0.05, 0) is 23.8 Å². The van der Waals surface area contributed by atoms with Crippen LogP contribution in [0.15, 0.2) is 22.6 Å². The number of hydrogen-bond donors (Lipinski definition) is 2. The summed E-state index contributed by atoms with van der Waals surface area (Å²) in [6, 6.07) is 1.72. The number of fused-ring (bicyclic) bond motifs is 1. The zero-order valence-electron chi connectivity index (χ0n) is 11.2. The fraction of sp³-hybridized carbons (Fsp3) is 0.462. The van der Waals surface area contributed by atoms with Crippen molar-refractivity contribution in [2.45, 2.75) is 19.9 Å². The Kier molecular flexibility index (Phi) is 4.86. The molecule has 0 radical (unpaired) electrons. The van der Waals surface area contributed by atoms with Gasteiger partial charge in [0.25, 0.3) is 5.56 Å². The summed E-state index contributed by atoms with van der Waals surface area (Å²) in [5, 5.41) is 13.9. The van der Waals surface area contributed by atoms with Gasteiger partial charge in [0.1, 0.15) is 11.4 Å². The molecule has 0 bridgehead atoms. The Morgan fingerprint density at radius 1 is 1.60 bits per heavy atom. The molecule has 108 valence electrons. The van der Waals surface area contributed by atoms with Gasteiger partial charge in [-0.25, -0.2) is 4.98 Å². The van der Waals surface area contributed by atoms with Crippen molar-refractivity contribution < 1.29 is 9.90 Å². The third kappa shape index (κ3) is 3.43. The predicted octanol–water partition coefficient (Wildman–Crippen LogP) is 0.593. The fourth-order valence-electron chi connectivity index (χ4n) is 1.83. The lowest BCUT2D eigenvalue weighted by Gasteiger charge is -2.11. The monoisotopic (exact) mass is 295 g/mol. The smallest absolute Gasteiger partial charge is 0.262 e. The number of nitrogens with zero attached hydrogens (tertiary/aromatic N) is 2. The van der Waals surface area contributed by atoms with Gasteiger partial charge in [-0.15, -0.1) is 11.3 Å². The van der Waals surface area contributed by atoms with Crippen LogP contribution < -0.4 is 10.9 Å². The number of aromatic nitrogens is 2. The van der Waals surface area contributed by atoms with E-state index in [-0.39, 0.29) is 30.5 Å². The number of carbonyl (C=O) groups excluding carboxylic acids is 1. The molecule has 2 rings (SSSR count). The normalized spacial score (nSPS) is 12.5. The van der Waals surface area contributed by atoms with Crippen molar-refractivity contribution in [2.24, 2.45) is 5.92 Å². The standard InChI is InChI=1S/C13H17N3O3S/c1-9(2-4-17)6-14-11(18)7-16-8-15-12-10(13(16)19)3-5-20-12/h3,5,8-9,17H,2,4,6-7H2,1H3,(H,14,18). The van der Waals surface area contributed by atoms with Crippen molar-refractivity contribution in [3.8, 4) is 0 Å². The van der Waals surface area contributed by atoms with Crippen molar-refractivity contribution >= 4 is 27.5 Å². The molecular formula is C13H17N3O3S. The third-order valence-corrected chi connectivity index (χ3v) is 3.85. The number of thiophene rings is 1.